The number of rotatable bonds is 3. The first-order chi connectivity index (χ1) is 13.6. The number of hydrogen-bond donors (Lipinski definition) is 1. The van der Waals surface area contributed by atoms with Gasteiger partial charge in [0.05, 0.1) is 23.0 Å². The molecule has 0 saturated heterocycles. The van der Waals surface area contributed by atoms with Crippen molar-refractivity contribution in [3.8, 4) is 10.9 Å². The number of aromatic nitrogens is 3. The topological polar surface area (TPSA) is 69.0 Å². The molecule has 1 atom stereocenters. The second-order valence-electron chi connectivity index (χ2n) is 6.81. The van der Waals surface area contributed by atoms with Gasteiger partial charge >= 0.3 is 0 Å². The van der Waals surface area contributed by atoms with Crippen LogP contribution in [-0.4, -0.2) is 27.8 Å². The fourth-order valence-corrected chi connectivity index (χ4v) is 4.70. The Kier molecular flexibility index (Phi) is 3.91. The first-order valence-corrected chi connectivity index (χ1v) is 9.85. The molecule has 2 aromatic heterocycles. The van der Waals surface area contributed by atoms with Crippen molar-refractivity contribution in [3.05, 3.63) is 65.4 Å². The van der Waals surface area contributed by atoms with Gasteiger partial charge in [0.15, 0.2) is 0 Å². The van der Waals surface area contributed by atoms with Crippen molar-refractivity contribution in [3.63, 3.8) is 0 Å². The number of methoxy groups -OCH3 is 1. The molecule has 140 valence electrons. The number of para-hydroxylation sites is 1. The van der Waals surface area contributed by atoms with Crippen LogP contribution in [0.15, 0.2) is 48.5 Å². The third-order valence-corrected chi connectivity index (χ3v) is 6.07. The van der Waals surface area contributed by atoms with Gasteiger partial charge in [-0.1, -0.05) is 35.6 Å². The van der Waals surface area contributed by atoms with Crippen LogP contribution >= 0.6 is 11.3 Å². The summed E-state index contributed by atoms with van der Waals surface area (Å²) in [5.74, 6) is 1.39. The lowest BCUT2D eigenvalue weighted by Crippen LogP contribution is -2.24. The molecule has 2 aromatic carbocycles. The molecule has 28 heavy (non-hydrogen) atoms. The van der Waals surface area contributed by atoms with Gasteiger partial charge in [-0.15, -0.1) is 0 Å². The smallest absolute Gasteiger partial charge is 0.226 e. The number of ether oxygens (including phenoxy) is 1. The minimum absolute atomic E-state index is 0.0254. The molecular weight excluding hydrogens is 372 g/mol. The minimum Gasteiger partial charge on any atom is -0.497 e. The second kappa shape index (κ2) is 6.45. The van der Waals surface area contributed by atoms with Gasteiger partial charge in [0, 0.05) is 17.9 Å². The standard InChI is InChI=1S/C21H18N4O2S/c1-12-19-15(13-6-5-7-14(10-13)27-2)11-18(26)23-20(19)25(24-12)21-22-16-8-3-4-9-17(16)28-21/h3-10,15H,11H2,1-2H3,(H,23,26)/t15-/m1/s1. The van der Waals surface area contributed by atoms with Gasteiger partial charge in [-0.05, 0) is 36.8 Å². The molecule has 0 radical (unpaired) electrons. The number of fused-ring (bicyclic) bond motifs is 2. The quantitative estimate of drug-likeness (QED) is 0.567. The van der Waals surface area contributed by atoms with Gasteiger partial charge in [0.25, 0.3) is 0 Å². The van der Waals surface area contributed by atoms with Crippen molar-refractivity contribution < 1.29 is 9.53 Å². The Labute approximate surface area is 165 Å². The Morgan fingerprint density at radius 3 is 2.89 bits per heavy atom. The number of benzene rings is 2. The molecule has 1 amide bonds. The molecule has 0 aliphatic carbocycles. The van der Waals surface area contributed by atoms with Crippen LogP contribution in [0.25, 0.3) is 15.3 Å². The highest BCUT2D eigenvalue weighted by molar-refractivity contribution is 7.20. The van der Waals surface area contributed by atoms with E-state index in [0.717, 1.165) is 37.9 Å². The van der Waals surface area contributed by atoms with Gasteiger partial charge in [-0.3, -0.25) is 4.79 Å². The van der Waals surface area contributed by atoms with Gasteiger partial charge in [-0.25, -0.2) is 4.98 Å². The summed E-state index contributed by atoms with van der Waals surface area (Å²) in [5.41, 5.74) is 3.90. The molecule has 1 N–H and O–H groups in total. The van der Waals surface area contributed by atoms with Crippen LogP contribution < -0.4 is 10.1 Å². The van der Waals surface area contributed by atoms with Crippen LogP contribution in [0.3, 0.4) is 0 Å². The van der Waals surface area contributed by atoms with Crippen LogP contribution in [-0.2, 0) is 4.79 Å². The second-order valence-corrected chi connectivity index (χ2v) is 7.81. The summed E-state index contributed by atoms with van der Waals surface area (Å²) < 4.78 is 8.22. The molecular formula is C21H18N4O2S. The summed E-state index contributed by atoms with van der Waals surface area (Å²) in [6.07, 6.45) is 0.381. The zero-order valence-electron chi connectivity index (χ0n) is 15.5. The maximum absolute atomic E-state index is 12.5. The van der Waals surface area contributed by atoms with Crippen LogP contribution in [0.4, 0.5) is 5.82 Å². The molecule has 0 unspecified atom stereocenters. The molecule has 0 spiro atoms. The van der Waals surface area contributed by atoms with E-state index in [1.165, 1.54) is 0 Å². The van der Waals surface area contributed by atoms with Crippen molar-refractivity contribution in [2.75, 3.05) is 12.4 Å². The van der Waals surface area contributed by atoms with Gasteiger partial charge < -0.3 is 10.1 Å². The number of carbonyl (C=O) groups is 1. The number of carbonyl (C=O) groups excluding carboxylic acids is 1. The van der Waals surface area contributed by atoms with E-state index in [0.29, 0.717) is 12.2 Å². The van der Waals surface area contributed by atoms with E-state index in [1.807, 2.05) is 55.5 Å². The lowest BCUT2D eigenvalue weighted by atomic mass is 9.86. The minimum atomic E-state index is -0.0676. The van der Waals surface area contributed by atoms with E-state index in [9.17, 15) is 4.79 Å². The molecule has 0 fully saturated rings. The van der Waals surface area contributed by atoms with E-state index in [-0.39, 0.29) is 11.8 Å². The molecule has 0 bridgehead atoms. The van der Waals surface area contributed by atoms with Crippen molar-refractivity contribution in [2.24, 2.45) is 0 Å². The number of amides is 1. The molecule has 5 rings (SSSR count). The van der Waals surface area contributed by atoms with Crippen LogP contribution in [0.1, 0.15) is 29.2 Å². The highest BCUT2D eigenvalue weighted by Gasteiger charge is 2.33. The van der Waals surface area contributed by atoms with E-state index in [2.05, 4.69) is 5.32 Å². The first kappa shape index (κ1) is 16.9. The lowest BCUT2D eigenvalue weighted by Gasteiger charge is -2.24. The fourth-order valence-electron chi connectivity index (χ4n) is 3.78. The summed E-state index contributed by atoms with van der Waals surface area (Å²) in [4.78, 5) is 17.2. The molecule has 1 aliphatic heterocycles. The van der Waals surface area contributed by atoms with Gasteiger partial charge in [0.2, 0.25) is 11.0 Å². The number of anilines is 1. The summed E-state index contributed by atoms with van der Waals surface area (Å²) in [6, 6.07) is 15.9. The summed E-state index contributed by atoms with van der Waals surface area (Å²) >= 11 is 1.56. The van der Waals surface area contributed by atoms with Crippen molar-refractivity contribution in [2.45, 2.75) is 19.3 Å². The lowest BCUT2D eigenvalue weighted by molar-refractivity contribution is -0.116. The molecule has 7 heteroatoms. The van der Waals surface area contributed by atoms with Crippen LogP contribution in [0, 0.1) is 6.92 Å². The largest absolute Gasteiger partial charge is 0.497 e. The summed E-state index contributed by atoms with van der Waals surface area (Å²) in [6.45, 7) is 1.98. The third-order valence-electron chi connectivity index (χ3n) is 5.06. The predicted octanol–water partition coefficient (Wildman–Crippen LogP) is 4.27. The Balaban J connectivity index is 1.67. The van der Waals surface area contributed by atoms with Crippen LogP contribution in [0.2, 0.25) is 0 Å². The predicted molar refractivity (Wildman–Crippen MR) is 110 cm³/mol. The van der Waals surface area contributed by atoms with E-state index in [1.54, 1.807) is 23.1 Å². The molecule has 6 nitrogen and oxygen atoms in total. The average molecular weight is 390 g/mol. The van der Waals surface area contributed by atoms with E-state index in [4.69, 9.17) is 14.8 Å². The number of nitrogens with zero attached hydrogens (tertiary/aromatic N) is 3. The Hall–Kier alpha value is -3.19. The van der Waals surface area contributed by atoms with E-state index < -0.39 is 0 Å². The Bertz CT molecular complexity index is 1180. The number of thiazole rings is 1. The monoisotopic (exact) mass is 390 g/mol. The molecule has 3 heterocycles. The number of hydrogen-bond acceptors (Lipinski definition) is 5. The average Bonchev–Trinajstić information content (AvgIpc) is 3.28. The molecule has 1 aliphatic rings. The zero-order valence-corrected chi connectivity index (χ0v) is 16.3. The zero-order chi connectivity index (χ0) is 19.3. The normalized spacial score (nSPS) is 16.1. The van der Waals surface area contributed by atoms with Crippen molar-refractivity contribution in [1.29, 1.82) is 0 Å². The maximum Gasteiger partial charge on any atom is 0.226 e. The van der Waals surface area contributed by atoms with Gasteiger partial charge in [0.1, 0.15) is 11.6 Å². The number of aryl methyl sites for hydroxylation is 1. The fraction of sp³-hybridized carbons (Fsp3) is 0.190. The van der Waals surface area contributed by atoms with Crippen molar-refractivity contribution in [1.82, 2.24) is 14.8 Å². The first-order valence-electron chi connectivity index (χ1n) is 9.03. The van der Waals surface area contributed by atoms with E-state index >= 15 is 0 Å². The SMILES string of the molecule is COc1cccc([C@H]2CC(=O)Nc3c2c(C)nn3-c2nc3ccccc3s2)c1. The van der Waals surface area contributed by atoms with Crippen molar-refractivity contribution >= 4 is 33.3 Å². The molecule has 4 aromatic rings. The van der Waals surface area contributed by atoms with Gasteiger partial charge in [-0.2, -0.15) is 9.78 Å². The molecule has 0 saturated carbocycles. The highest BCUT2D eigenvalue weighted by Crippen LogP contribution is 2.41. The summed E-state index contributed by atoms with van der Waals surface area (Å²) in [7, 11) is 1.65. The van der Waals surface area contributed by atoms with Crippen LogP contribution in [0.5, 0.6) is 5.75 Å². The summed E-state index contributed by atoms with van der Waals surface area (Å²) in [5, 5.41) is 8.49. The number of nitrogens with one attached hydrogen (secondary N) is 1. The maximum atomic E-state index is 12.5. The third kappa shape index (κ3) is 2.66. The Morgan fingerprint density at radius 1 is 1.21 bits per heavy atom. The Morgan fingerprint density at radius 2 is 2.07 bits per heavy atom. The highest BCUT2D eigenvalue weighted by atomic mass is 32.1.